The van der Waals surface area contributed by atoms with Crippen LogP contribution in [-0.2, 0) is 0 Å². The Kier molecular flexibility index (Phi) is 3.46. The standard InChI is InChI=1S/C14H15NO3/c1-10(2)7-12(15(16)17)9-13-8-11-5-3-4-6-14(11)18-13/h3-6,8-10H,7H2,1-2H3. The van der Waals surface area contributed by atoms with E-state index in [0.29, 0.717) is 12.2 Å². The van der Waals surface area contributed by atoms with Crippen molar-refractivity contribution in [2.45, 2.75) is 20.3 Å². The molecule has 0 aliphatic heterocycles. The number of hydrogen-bond acceptors (Lipinski definition) is 3. The molecule has 0 N–H and O–H groups in total. The minimum Gasteiger partial charge on any atom is -0.456 e. The minimum absolute atomic E-state index is 0.184. The second-order valence-corrected chi connectivity index (χ2v) is 4.68. The first-order valence-electron chi connectivity index (χ1n) is 5.90. The molecule has 0 bridgehead atoms. The van der Waals surface area contributed by atoms with Crippen LogP contribution in [0.25, 0.3) is 17.0 Å². The van der Waals surface area contributed by atoms with Crippen LogP contribution in [0.2, 0.25) is 0 Å². The van der Waals surface area contributed by atoms with Gasteiger partial charge in [0.2, 0.25) is 5.70 Å². The highest BCUT2D eigenvalue weighted by atomic mass is 16.6. The van der Waals surface area contributed by atoms with E-state index in [9.17, 15) is 10.1 Å². The zero-order valence-corrected chi connectivity index (χ0v) is 10.4. The lowest BCUT2D eigenvalue weighted by molar-refractivity contribution is -0.427. The summed E-state index contributed by atoms with van der Waals surface area (Å²) < 4.78 is 5.55. The quantitative estimate of drug-likeness (QED) is 0.602. The molecule has 0 aliphatic rings. The van der Waals surface area contributed by atoms with Gasteiger partial charge in [0, 0.05) is 11.8 Å². The molecule has 94 valence electrons. The summed E-state index contributed by atoms with van der Waals surface area (Å²) in [5, 5.41) is 11.9. The maximum absolute atomic E-state index is 11.0. The van der Waals surface area contributed by atoms with Crippen LogP contribution >= 0.6 is 0 Å². The highest BCUT2D eigenvalue weighted by Crippen LogP contribution is 2.22. The average molecular weight is 245 g/mol. The van der Waals surface area contributed by atoms with Gasteiger partial charge in [-0.1, -0.05) is 32.0 Å². The van der Waals surface area contributed by atoms with E-state index in [0.717, 1.165) is 11.0 Å². The maximum atomic E-state index is 11.0. The van der Waals surface area contributed by atoms with Gasteiger partial charge in [-0.25, -0.2) is 0 Å². The van der Waals surface area contributed by atoms with E-state index in [2.05, 4.69) is 0 Å². The van der Waals surface area contributed by atoms with E-state index >= 15 is 0 Å². The third kappa shape index (κ3) is 2.77. The van der Waals surface area contributed by atoms with Gasteiger partial charge in [-0.3, -0.25) is 10.1 Å². The summed E-state index contributed by atoms with van der Waals surface area (Å²) in [6, 6.07) is 9.38. The monoisotopic (exact) mass is 245 g/mol. The topological polar surface area (TPSA) is 56.3 Å². The molecule has 0 spiro atoms. The molecule has 4 heteroatoms. The van der Waals surface area contributed by atoms with Crippen LogP contribution in [0.5, 0.6) is 0 Å². The van der Waals surface area contributed by atoms with Crippen LogP contribution in [-0.4, -0.2) is 4.92 Å². The summed E-state index contributed by atoms with van der Waals surface area (Å²) in [5.74, 6) is 0.773. The van der Waals surface area contributed by atoms with E-state index < -0.39 is 0 Å². The van der Waals surface area contributed by atoms with Crippen LogP contribution in [0.15, 0.2) is 40.4 Å². The van der Waals surface area contributed by atoms with Gasteiger partial charge in [0.15, 0.2) is 0 Å². The molecule has 0 unspecified atom stereocenters. The van der Waals surface area contributed by atoms with Crippen LogP contribution < -0.4 is 0 Å². The number of allylic oxidation sites excluding steroid dienone is 1. The molecule has 1 aromatic heterocycles. The fourth-order valence-corrected chi connectivity index (χ4v) is 1.84. The van der Waals surface area contributed by atoms with Gasteiger partial charge < -0.3 is 4.42 Å². The van der Waals surface area contributed by atoms with Gasteiger partial charge in [0.25, 0.3) is 0 Å². The number of furan rings is 1. The molecule has 1 aromatic carbocycles. The number of nitrogens with zero attached hydrogens (tertiary/aromatic N) is 1. The van der Waals surface area contributed by atoms with Crippen molar-refractivity contribution in [1.82, 2.24) is 0 Å². The first kappa shape index (κ1) is 12.4. The predicted molar refractivity (Wildman–Crippen MR) is 70.6 cm³/mol. The summed E-state index contributed by atoms with van der Waals surface area (Å²) >= 11 is 0. The first-order valence-corrected chi connectivity index (χ1v) is 5.90. The molecule has 0 aliphatic carbocycles. The van der Waals surface area contributed by atoms with Gasteiger partial charge in [-0.2, -0.15) is 0 Å². The number of rotatable bonds is 4. The second kappa shape index (κ2) is 5.04. The maximum Gasteiger partial charge on any atom is 0.250 e. The molecule has 4 nitrogen and oxygen atoms in total. The molecular formula is C14H15NO3. The highest BCUT2D eigenvalue weighted by Gasteiger charge is 2.14. The van der Waals surface area contributed by atoms with Gasteiger partial charge in [-0.15, -0.1) is 0 Å². The van der Waals surface area contributed by atoms with Crippen molar-refractivity contribution >= 4 is 17.0 Å². The van der Waals surface area contributed by atoms with Gasteiger partial charge in [0.05, 0.1) is 11.0 Å². The Morgan fingerprint density at radius 3 is 2.78 bits per heavy atom. The molecule has 0 radical (unpaired) electrons. The average Bonchev–Trinajstić information content (AvgIpc) is 2.69. The van der Waals surface area contributed by atoms with Gasteiger partial charge >= 0.3 is 0 Å². The molecule has 0 saturated carbocycles. The molecule has 0 amide bonds. The van der Waals surface area contributed by atoms with E-state index in [1.807, 2.05) is 44.2 Å². The van der Waals surface area contributed by atoms with Crippen molar-refractivity contribution in [2.75, 3.05) is 0 Å². The SMILES string of the molecule is CC(C)CC(=Cc1cc2ccccc2o1)[N+](=O)[O-]. The molecule has 0 saturated heterocycles. The van der Waals surface area contributed by atoms with Crippen molar-refractivity contribution < 1.29 is 9.34 Å². The first-order chi connectivity index (χ1) is 8.56. The third-order valence-corrected chi connectivity index (χ3v) is 2.61. The van der Waals surface area contributed by atoms with Gasteiger partial charge in [0.1, 0.15) is 11.3 Å². The van der Waals surface area contributed by atoms with E-state index in [-0.39, 0.29) is 16.5 Å². The Labute approximate surface area is 105 Å². The van der Waals surface area contributed by atoms with E-state index in [1.54, 1.807) is 0 Å². The zero-order valence-electron chi connectivity index (χ0n) is 10.4. The summed E-state index contributed by atoms with van der Waals surface area (Å²) in [4.78, 5) is 10.6. The van der Waals surface area contributed by atoms with E-state index in [4.69, 9.17) is 4.42 Å². The summed E-state index contributed by atoms with van der Waals surface area (Å²) in [6.07, 6.45) is 1.95. The van der Waals surface area contributed by atoms with Gasteiger partial charge in [-0.05, 0) is 18.1 Å². The summed E-state index contributed by atoms with van der Waals surface area (Å²) in [5.41, 5.74) is 0.931. The highest BCUT2D eigenvalue weighted by molar-refractivity contribution is 5.79. The molecule has 1 heterocycles. The molecular weight excluding hydrogens is 230 g/mol. The van der Waals surface area contributed by atoms with Crippen molar-refractivity contribution in [3.8, 4) is 0 Å². The summed E-state index contributed by atoms with van der Waals surface area (Å²) in [7, 11) is 0. The fourth-order valence-electron chi connectivity index (χ4n) is 1.84. The molecule has 18 heavy (non-hydrogen) atoms. The second-order valence-electron chi connectivity index (χ2n) is 4.68. The molecule has 2 aromatic rings. The Hall–Kier alpha value is -2.10. The van der Waals surface area contributed by atoms with Crippen LogP contribution in [0, 0.1) is 16.0 Å². The molecule has 2 rings (SSSR count). The van der Waals surface area contributed by atoms with Crippen molar-refractivity contribution in [1.29, 1.82) is 0 Å². The normalized spacial score (nSPS) is 12.3. The van der Waals surface area contributed by atoms with Crippen LogP contribution in [0.1, 0.15) is 26.0 Å². The third-order valence-electron chi connectivity index (χ3n) is 2.61. The number of fused-ring (bicyclic) bond motifs is 1. The van der Waals surface area contributed by atoms with E-state index in [1.165, 1.54) is 6.08 Å². The molecule has 0 fully saturated rings. The smallest absolute Gasteiger partial charge is 0.250 e. The Balaban J connectivity index is 2.36. The number of nitro groups is 1. The minimum atomic E-state index is -0.340. The lowest BCUT2D eigenvalue weighted by atomic mass is 10.1. The lowest BCUT2D eigenvalue weighted by Crippen LogP contribution is -2.02. The summed E-state index contributed by atoms with van der Waals surface area (Å²) in [6.45, 7) is 3.91. The molecule has 0 atom stereocenters. The zero-order chi connectivity index (χ0) is 13.1. The predicted octanol–water partition coefficient (Wildman–Crippen LogP) is 4.10. The number of hydrogen-bond donors (Lipinski definition) is 0. The Morgan fingerprint density at radius 2 is 2.17 bits per heavy atom. The number of benzene rings is 1. The van der Waals surface area contributed by atoms with Crippen molar-refractivity contribution in [3.05, 3.63) is 51.9 Å². The Bertz CT molecular complexity index is 563. The number of para-hydroxylation sites is 1. The van der Waals surface area contributed by atoms with Crippen LogP contribution in [0.4, 0.5) is 0 Å². The Morgan fingerprint density at radius 1 is 1.44 bits per heavy atom. The lowest BCUT2D eigenvalue weighted by Gasteiger charge is -2.00. The van der Waals surface area contributed by atoms with Crippen molar-refractivity contribution in [3.63, 3.8) is 0 Å². The largest absolute Gasteiger partial charge is 0.456 e. The fraction of sp³-hybridized carbons (Fsp3) is 0.286. The van der Waals surface area contributed by atoms with Crippen LogP contribution in [0.3, 0.4) is 0 Å². The van der Waals surface area contributed by atoms with Crippen molar-refractivity contribution in [2.24, 2.45) is 5.92 Å².